The maximum absolute atomic E-state index is 12.7. The summed E-state index contributed by atoms with van der Waals surface area (Å²) in [5.74, 6) is 1.86. The van der Waals surface area contributed by atoms with Crippen LogP contribution in [-0.4, -0.2) is 29.1 Å². The Balaban J connectivity index is 1.61. The summed E-state index contributed by atoms with van der Waals surface area (Å²) in [7, 11) is 1.73. The van der Waals surface area contributed by atoms with Crippen LogP contribution < -0.4 is 5.56 Å². The van der Waals surface area contributed by atoms with E-state index in [4.69, 9.17) is 4.98 Å². The van der Waals surface area contributed by atoms with Gasteiger partial charge in [0.1, 0.15) is 10.9 Å². The predicted octanol–water partition coefficient (Wildman–Crippen LogP) is 3.43. The first-order valence-electron chi connectivity index (χ1n) is 9.22. The van der Waals surface area contributed by atoms with Gasteiger partial charge in [-0.1, -0.05) is 35.5 Å². The Morgan fingerprint density at radius 2 is 1.76 bits per heavy atom. The van der Waals surface area contributed by atoms with Gasteiger partial charge in [-0.3, -0.25) is 13.8 Å². The van der Waals surface area contributed by atoms with Gasteiger partial charge in [0.15, 0.2) is 0 Å². The van der Waals surface area contributed by atoms with Crippen molar-refractivity contribution in [3.05, 3.63) is 69.9 Å². The summed E-state index contributed by atoms with van der Waals surface area (Å²) in [5.41, 5.74) is 4.43. The molecule has 7 nitrogen and oxygen atoms in total. The summed E-state index contributed by atoms with van der Waals surface area (Å²) in [6.07, 6.45) is 0. The second-order valence-electron chi connectivity index (χ2n) is 7.03. The van der Waals surface area contributed by atoms with Crippen LogP contribution in [0.15, 0.2) is 52.3 Å². The molecule has 0 bridgehead atoms. The third-order valence-corrected chi connectivity index (χ3v) is 6.04. The molecule has 0 saturated heterocycles. The Morgan fingerprint density at radius 1 is 1.00 bits per heavy atom. The van der Waals surface area contributed by atoms with Crippen LogP contribution in [0.2, 0.25) is 0 Å². The van der Waals surface area contributed by atoms with E-state index in [1.165, 1.54) is 0 Å². The summed E-state index contributed by atoms with van der Waals surface area (Å²) in [4.78, 5) is 22.1. The quantitative estimate of drug-likeness (QED) is 0.430. The minimum atomic E-state index is -0.0703. The van der Waals surface area contributed by atoms with Gasteiger partial charge in [-0.2, -0.15) is 0 Å². The van der Waals surface area contributed by atoms with Crippen molar-refractivity contribution in [2.45, 2.75) is 24.6 Å². The zero-order valence-corrected chi connectivity index (χ0v) is 17.1. The van der Waals surface area contributed by atoms with Gasteiger partial charge >= 0.3 is 0 Å². The number of para-hydroxylation sites is 2. The summed E-state index contributed by atoms with van der Waals surface area (Å²) in [6.45, 7) is 3.94. The fraction of sp³-hybridized carbons (Fsp3) is 0.190. The number of hydrogen-bond acceptors (Lipinski definition) is 6. The molecule has 0 fully saturated rings. The molecule has 0 amide bonds. The van der Waals surface area contributed by atoms with Crippen molar-refractivity contribution in [2.24, 2.45) is 7.05 Å². The lowest BCUT2D eigenvalue weighted by molar-refractivity contribution is 0.857. The number of rotatable bonds is 3. The number of nitrogens with zero attached hydrogens (tertiary/aromatic N) is 6. The molecule has 0 aliphatic rings. The molecule has 5 aromatic rings. The van der Waals surface area contributed by atoms with Gasteiger partial charge in [-0.15, -0.1) is 10.2 Å². The summed E-state index contributed by atoms with van der Waals surface area (Å²) in [5, 5.41) is 10.1. The van der Waals surface area contributed by atoms with Crippen LogP contribution in [0.1, 0.15) is 17.1 Å². The molecule has 2 aromatic carbocycles. The summed E-state index contributed by atoms with van der Waals surface area (Å²) < 4.78 is 3.50. The van der Waals surface area contributed by atoms with Crippen LogP contribution in [0.4, 0.5) is 0 Å². The second kappa shape index (κ2) is 6.66. The van der Waals surface area contributed by atoms with E-state index >= 15 is 0 Å². The average molecular weight is 402 g/mol. The number of aromatic nitrogens is 6. The normalized spacial score (nSPS) is 11.7. The third kappa shape index (κ3) is 2.87. The van der Waals surface area contributed by atoms with E-state index in [1.807, 2.05) is 60.7 Å². The van der Waals surface area contributed by atoms with Crippen LogP contribution in [0, 0.1) is 13.8 Å². The van der Waals surface area contributed by atoms with Crippen LogP contribution >= 0.6 is 11.8 Å². The minimum absolute atomic E-state index is 0.0703. The first kappa shape index (κ1) is 17.8. The number of benzene rings is 2. The Morgan fingerprint density at radius 3 is 2.55 bits per heavy atom. The lowest BCUT2D eigenvalue weighted by atomic mass is 10.1. The Kier molecular flexibility index (Phi) is 4.09. The number of thioether (sulfide) groups is 1. The zero-order chi connectivity index (χ0) is 20.1. The van der Waals surface area contributed by atoms with Crippen LogP contribution in [-0.2, 0) is 12.8 Å². The van der Waals surface area contributed by atoms with E-state index in [0.29, 0.717) is 16.9 Å². The first-order chi connectivity index (χ1) is 14.0. The smallest absolute Gasteiger partial charge is 0.262 e. The van der Waals surface area contributed by atoms with Crippen molar-refractivity contribution < 1.29 is 0 Å². The molecule has 144 valence electrons. The van der Waals surface area contributed by atoms with Gasteiger partial charge < -0.3 is 0 Å². The molecule has 0 N–H and O–H groups in total. The molecule has 0 unspecified atom stereocenters. The van der Waals surface area contributed by atoms with Gasteiger partial charge in [0, 0.05) is 7.05 Å². The molecule has 8 heteroatoms. The maximum atomic E-state index is 12.7. The van der Waals surface area contributed by atoms with Crippen molar-refractivity contribution in [3.63, 3.8) is 0 Å². The van der Waals surface area contributed by atoms with Gasteiger partial charge in [0.2, 0.25) is 5.78 Å². The van der Waals surface area contributed by atoms with E-state index in [-0.39, 0.29) is 5.56 Å². The maximum Gasteiger partial charge on any atom is 0.262 e. The van der Waals surface area contributed by atoms with E-state index in [1.54, 1.807) is 23.4 Å². The number of aryl methyl sites for hydroxylation is 3. The average Bonchev–Trinajstić information content (AvgIpc) is 3.14. The largest absolute Gasteiger partial charge is 0.279 e. The standard InChI is InChI=1S/C21H18N6OS/c1-12-8-9-17-14(10-12)20(28)26(3)21-25-24-18(27(17)21)11-29-19-13(2)22-15-6-4-5-7-16(15)23-19/h4-10H,11H2,1-3H3. The van der Waals surface area contributed by atoms with Crippen LogP contribution in [0.5, 0.6) is 0 Å². The topological polar surface area (TPSA) is 78.0 Å². The van der Waals surface area contributed by atoms with Crippen molar-refractivity contribution in [2.75, 3.05) is 0 Å². The molecule has 3 aromatic heterocycles. The monoisotopic (exact) mass is 402 g/mol. The molecular formula is C21H18N6OS. The minimum Gasteiger partial charge on any atom is -0.279 e. The predicted molar refractivity (Wildman–Crippen MR) is 114 cm³/mol. The third-order valence-electron chi connectivity index (χ3n) is 4.98. The second-order valence-corrected chi connectivity index (χ2v) is 7.99. The van der Waals surface area contributed by atoms with E-state index in [9.17, 15) is 4.79 Å². The van der Waals surface area contributed by atoms with E-state index < -0.39 is 0 Å². The highest BCUT2D eigenvalue weighted by Crippen LogP contribution is 2.26. The van der Waals surface area contributed by atoms with Gasteiger partial charge in [-0.05, 0) is 38.1 Å². The number of hydrogen-bond donors (Lipinski definition) is 0. The van der Waals surface area contributed by atoms with Gasteiger partial charge in [0.05, 0.1) is 33.4 Å². The molecule has 0 spiro atoms. The highest BCUT2D eigenvalue weighted by molar-refractivity contribution is 7.98. The highest BCUT2D eigenvalue weighted by atomic mass is 32.2. The molecule has 3 heterocycles. The zero-order valence-electron chi connectivity index (χ0n) is 16.2. The van der Waals surface area contributed by atoms with Crippen LogP contribution in [0.3, 0.4) is 0 Å². The molecule has 0 aliphatic carbocycles. The fourth-order valence-electron chi connectivity index (χ4n) is 3.49. The summed E-state index contributed by atoms with van der Waals surface area (Å²) >= 11 is 1.57. The van der Waals surface area contributed by atoms with Crippen molar-refractivity contribution in [1.29, 1.82) is 0 Å². The lowest BCUT2D eigenvalue weighted by Gasteiger charge is -2.09. The Labute approximate surface area is 170 Å². The van der Waals surface area contributed by atoms with Gasteiger partial charge in [0.25, 0.3) is 5.56 Å². The summed E-state index contributed by atoms with van der Waals surface area (Å²) in [6, 6.07) is 13.7. The number of fused-ring (bicyclic) bond motifs is 4. The lowest BCUT2D eigenvalue weighted by Crippen LogP contribution is -2.20. The fourth-order valence-corrected chi connectivity index (χ4v) is 4.36. The van der Waals surface area contributed by atoms with E-state index in [0.717, 1.165) is 38.7 Å². The molecule has 0 saturated carbocycles. The molecule has 5 rings (SSSR count). The van der Waals surface area contributed by atoms with Crippen molar-refractivity contribution in [3.8, 4) is 0 Å². The van der Waals surface area contributed by atoms with Crippen molar-refractivity contribution in [1.82, 2.24) is 29.1 Å². The highest BCUT2D eigenvalue weighted by Gasteiger charge is 2.16. The van der Waals surface area contributed by atoms with Gasteiger partial charge in [-0.25, -0.2) is 9.97 Å². The molecule has 0 aliphatic heterocycles. The first-order valence-corrected chi connectivity index (χ1v) is 10.2. The van der Waals surface area contributed by atoms with E-state index in [2.05, 4.69) is 15.2 Å². The molecular weight excluding hydrogens is 384 g/mol. The Bertz CT molecular complexity index is 1470. The molecule has 0 atom stereocenters. The molecule has 0 radical (unpaired) electrons. The Hall–Kier alpha value is -3.26. The van der Waals surface area contributed by atoms with Crippen molar-refractivity contribution >= 4 is 39.5 Å². The van der Waals surface area contributed by atoms with Crippen LogP contribution in [0.25, 0.3) is 27.7 Å². The SMILES string of the molecule is Cc1ccc2c(c1)c(=O)n(C)c1nnc(CSc3nc4ccccc4nc3C)n21. The molecule has 29 heavy (non-hydrogen) atoms.